The predicted molar refractivity (Wildman–Crippen MR) is 108 cm³/mol. The maximum Gasteiger partial charge on any atom is 0.308 e. The zero-order valence-corrected chi connectivity index (χ0v) is 16.2. The normalized spacial score (nSPS) is 10.5. The fraction of sp³-hybridized carbons (Fsp3) is 0.300. The van der Waals surface area contributed by atoms with E-state index in [2.05, 4.69) is 10.2 Å². The number of aryl methyl sites for hydroxylation is 1. The number of nitro benzene ring substituents is 1. The smallest absolute Gasteiger partial charge is 0.308 e. The third kappa shape index (κ3) is 6.39. The molecule has 29 heavy (non-hydrogen) atoms. The quantitative estimate of drug-likeness (QED) is 0.265. The van der Waals surface area contributed by atoms with E-state index in [-0.39, 0.29) is 18.7 Å². The van der Waals surface area contributed by atoms with Crippen molar-refractivity contribution in [1.29, 1.82) is 5.26 Å². The van der Waals surface area contributed by atoms with Crippen LogP contribution in [0.4, 0.5) is 22.7 Å². The number of non-ortho nitro benzene ring substituents is 1. The molecule has 2 aromatic carbocycles. The highest BCUT2D eigenvalue weighted by atomic mass is 16.6. The van der Waals surface area contributed by atoms with Crippen LogP contribution in [0.25, 0.3) is 0 Å². The number of hydrogen-bond acceptors (Lipinski definition) is 8. The summed E-state index contributed by atoms with van der Waals surface area (Å²) in [7, 11) is 0. The molecule has 0 heterocycles. The second kappa shape index (κ2) is 10.5. The summed E-state index contributed by atoms with van der Waals surface area (Å²) in [6.45, 7) is 4.83. The van der Waals surface area contributed by atoms with Crippen molar-refractivity contribution in [1.82, 2.24) is 0 Å². The molecule has 0 amide bonds. The first-order valence-corrected chi connectivity index (χ1v) is 8.99. The molecule has 0 saturated heterocycles. The number of hydrogen-bond donors (Lipinski definition) is 0. The maximum absolute atomic E-state index is 11.6. The molecule has 150 valence electrons. The van der Waals surface area contributed by atoms with Gasteiger partial charge in [-0.1, -0.05) is 0 Å². The SMILES string of the molecule is CCN(CCC(=O)OCC#N)c1ccc(/N=N/c2ccc([N+](=O)[O-])cc2)c(C)c1. The average molecular weight is 395 g/mol. The highest BCUT2D eigenvalue weighted by molar-refractivity contribution is 5.70. The van der Waals surface area contributed by atoms with E-state index in [9.17, 15) is 14.9 Å². The Bertz CT molecular complexity index is 935. The Labute approximate surface area is 168 Å². The van der Waals surface area contributed by atoms with Gasteiger partial charge in [0.25, 0.3) is 5.69 Å². The first-order chi connectivity index (χ1) is 13.9. The zero-order chi connectivity index (χ0) is 21.2. The molecule has 0 unspecified atom stereocenters. The van der Waals surface area contributed by atoms with Crippen molar-refractivity contribution < 1.29 is 14.5 Å². The van der Waals surface area contributed by atoms with Gasteiger partial charge in [0.1, 0.15) is 6.07 Å². The largest absolute Gasteiger partial charge is 0.450 e. The van der Waals surface area contributed by atoms with Gasteiger partial charge in [-0.25, -0.2) is 0 Å². The Morgan fingerprint density at radius 2 is 1.97 bits per heavy atom. The van der Waals surface area contributed by atoms with Crippen molar-refractivity contribution >= 4 is 28.7 Å². The lowest BCUT2D eigenvalue weighted by Gasteiger charge is -2.23. The summed E-state index contributed by atoms with van der Waals surface area (Å²) in [6.07, 6.45) is 0.191. The van der Waals surface area contributed by atoms with E-state index in [1.807, 2.05) is 36.9 Å². The lowest BCUT2D eigenvalue weighted by Crippen LogP contribution is -2.26. The molecule has 0 aliphatic carbocycles. The number of azo groups is 1. The van der Waals surface area contributed by atoms with Crippen LogP contribution in [0.5, 0.6) is 0 Å². The predicted octanol–water partition coefficient (Wildman–Crippen LogP) is 4.60. The first kappa shape index (κ1) is 21.5. The fourth-order valence-electron chi connectivity index (χ4n) is 2.58. The molecule has 0 saturated carbocycles. The van der Waals surface area contributed by atoms with Gasteiger partial charge in [-0.2, -0.15) is 15.5 Å². The van der Waals surface area contributed by atoms with Crippen LogP contribution in [0.3, 0.4) is 0 Å². The maximum atomic E-state index is 11.6. The van der Waals surface area contributed by atoms with Crippen molar-refractivity contribution in [3.63, 3.8) is 0 Å². The summed E-state index contributed by atoms with van der Waals surface area (Å²) in [5, 5.41) is 27.5. The Morgan fingerprint density at radius 3 is 2.55 bits per heavy atom. The first-order valence-electron chi connectivity index (χ1n) is 8.99. The summed E-state index contributed by atoms with van der Waals surface area (Å²) in [5.74, 6) is -0.407. The third-order valence-electron chi connectivity index (χ3n) is 4.14. The number of esters is 1. The Hall–Kier alpha value is -3.80. The second-order valence-electron chi connectivity index (χ2n) is 6.09. The molecule has 0 N–H and O–H groups in total. The molecule has 0 atom stereocenters. The minimum absolute atomic E-state index is 0.000598. The Kier molecular flexibility index (Phi) is 7.79. The Balaban J connectivity index is 2.05. The van der Waals surface area contributed by atoms with Crippen LogP contribution in [0.2, 0.25) is 0 Å². The summed E-state index contributed by atoms with van der Waals surface area (Å²) in [4.78, 5) is 23.8. The van der Waals surface area contributed by atoms with Crippen LogP contribution in [0.1, 0.15) is 18.9 Å². The lowest BCUT2D eigenvalue weighted by molar-refractivity contribution is -0.384. The van der Waals surface area contributed by atoms with Crippen molar-refractivity contribution in [2.24, 2.45) is 10.2 Å². The summed E-state index contributed by atoms with van der Waals surface area (Å²) in [5.41, 5.74) is 3.04. The van der Waals surface area contributed by atoms with Gasteiger partial charge in [-0.3, -0.25) is 14.9 Å². The van der Waals surface area contributed by atoms with Crippen molar-refractivity contribution in [3.05, 3.63) is 58.1 Å². The fourth-order valence-corrected chi connectivity index (χ4v) is 2.58. The molecule has 2 aromatic rings. The molecule has 0 aliphatic heterocycles. The summed E-state index contributed by atoms with van der Waals surface area (Å²) in [6, 6.07) is 13.3. The molecule has 0 aromatic heterocycles. The lowest BCUT2D eigenvalue weighted by atomic mass is 10.1. The van der Waals surface area contributed by atoms with E-state index < -0.39 is 10.9 Å². The number of carbonyl (C=O) groups is 1. The molecule has 0 aliphatic rings. The number of rotatable bonds is 9. The van der Waals surface area contributed by atoms with Crippen LogP contribution in [-0.4, -0.2) is 30.6 Å². The van der Waals surface area contributed by atoms with Gasteiger partial charge in [-0.05, 0) is 49.7 Å². The highest BCUT2D eigenvalue weighted by Gasteiger charge is 2.10. The number of nitriles is 1. The van der Waals surface area contributed by atoms with Crippen LogP contribution in [0, 0.1) is 28.4 Å². The van der Waals surface area contributed by atoms with Crippen molar-refractivity contribution in [2.75, 3.05) is 24.6 Å². The van der Waals surface area contributed by atoms with Gasteiger partial charge in [-0.15, -0.1) is 0 Å². The molecule has 9 nitrogen and oxygen atoms in total. The van der Waals surface area contributed by atoms with Gasteiger partial charge >= 0.3 is 5.97 Å². The van der Waals surface area contributed by atoms with E-state index in [1.165, 1.54) is 24.3 Å². The van der Waals surface area contributed by atoms with Crippen LogP contribution in [-0.2, 0) is 9.53 Å². The third-order valence-corrected chi connectivity index (χ3v) is 4.14. The minimum Gasteiger partial charge on any atom is -0.450 e. The molecule has 2 rings (SSSR count). The number of carbonyl (C=O) groups excluding carboxylic acids is 1. The topological polar surface area (TPSA) is 121 Å². The molecule has 9 heteroatoms. The number of nitrogens with zero attached hydrogens (tertiary/aromatic N) is 5. The number of ether oxygens (including phenoxy) is 1. The number of nitro groups is 1. The molecule has 0 bridgehead atoms. The summed E-state index contributed by atoms with van der Waals surface area (Å²) >= 11 is 0. The molecular weight excluding hydrogens is 374 g/mol. The van der Waals surface area contributed by atoms with E-state index in [4.69, 9.17) is 10.00 Å². The molecule has 0 radical (unpaired) electrons. The molecule has 0 fully saturated rings. The van der Waals surface area contributed by atoms with Crippen molar-refractivity contribution in [2.45, 2.75) is 20.3 Å². The standard InChI is InChI=1S/C20H21N5O4/c1-3-24(12-10-20(26)29-13-11-21)18-8-9-19(15(2)14-18)23-22-16-4-6-17(7-5-16)25(27)28/h4-9,14H,3,10,12-13H2,1-2H3/b23-22+. The highest BCUT2D eigenvalue weighted by Crippen LogP contribution is 2.27. The minimum atomic E-state index is -0.466. The van der Waals surface area contributed by atoms with E-state index in [0.29, 0.717) is 24.5 Å². The van der Waals surface area contributed by atoms with Gasteiger partial charge in [0.05, 0.1) is 22.7 Å². The Morgan fingerprint density at radius 1 is 1.24 bits per heavy atom. The van der Waals surface area contributed by atoms with Crippen LogP contribution in [0.15, 0.2) is 52.7 Å². The van der Waals surface area contributed by atoms with Gasteiger partial charge in [0, 0.05) is 30.9 Å². The van der Waals surface area contributed by atoms with E-state index in [0.717, 1.165) is 11.3 Å². The zero-order valence-electron chi connectivity index (χ0n) is 16.2. The van der Waals surface area contributed by atoms with Crippen molar-refractivity contribution in [3.8, 4) is 6.07 Å². The van der Waals surface area contributed by atoms with Gasteiger partial charge in [0.2, 0.25) is 0 Å². The number of benzene rings is 2. The van der Waals surface area contributed by atoms with Gasteiger partial charge in [0.15, 0.2) is 6.61 Å². The van der Waals surface area contributed by atoms with Crippen LogP contribution < -0.4 is 4.90 Å². The second-order valence-corrected chi connectivity index (χ2v) is 6.09. The monoisotopic (exact) mass is 395 g/mol. The van der Waals surface area contributed by atoms with Gasteiger partial charge < -0.3 is 9.64 Å². The average Bonchev–Trinajstić information content (AvgIpc) is 2.72. The van der Waals surface area contributed by atoms with E-state index >= 15 is 0 Å². The molecular formula is C20H21N5O4. The van der Waals surface area contributed by atoms with E-state index in [1.54, 1.807) is 6.07 Å². The van der Waals surface area contributed by atoms with Crippen LogP contribution >= 0.6 is 0 Å². The summed E-state index contributed by atoms with van der Waals surface area (Å²) < 4.78 is 4.77. The molecule has 0 spiro atoms. The number of anilines is 1.